The number of fused-ring (bicyclic) bond motifs is 1. The number of amidine groups is 1. The van der Waals surface area contributed by atoms with Gasteiger partial charge in [0.1, 0.15) is 11.7 Å². The van der Waals surface area contributed by atoms with Crippen LogP contribution in [0, 0.1) is 18.8 Å². The van der Waals surface area contributed by atoms with Crippen molar-refractivity contribution in [2.45, 2.75) is 51.9 Å². The molecule has 1 aromatic carbocycles. The number of carbonyl (C=O) groups excluding carboxylic acids is 1. The number of anilines is 2. The lowest BCUT2D eigenvalue weighted by Crippen LogP contribution is -2.37. The van der Waals surface area contributed by atoms with E-state index >= 15 is 0 Å². The van der Waals surface area contributed by atoms with E-state index in [9.17, 15) is 4.79 Å². The van der Waals surface area contributed by atoms with Crippen molar-refractivity contribution < 1.29 is 4.79 Å². The van der Waals surface area contributed by atoms with Crippen molar-refractivity contribution in [3.63, 3.8) is 0 Å². The predicted octanol–water partition coefficient (Wildman–Crippen LogP) is 3.77. The van der Waals surface area contributed by atoms with Crippen molar-refractivity contribution in [3.8, 4) is 0 Å². The highest BCUT2D eigenvalue weighted by Gasteiger charge is 2.27. The van der Waals surface area contributed by atoms with E-state index in [0.29, 0.717) is 18.3 Å². The first-order valence-electron chi connectivity index (χ1n) is 11.5. The SMILES string of the molecule is CN=C(NN)[C@@H]1CCN(c2ccc3c(NC(=O)CC4CCCCC4)c(C)ccc3n2)C1. The number of carbonyl (C=O) groups is 1. The maximum absolute atomic E-state index is 12.7. The molecule has 0 radical (unpaired) electrons. The number of aromatic nitrogens is 1. The van der Waals surface area contributed by atoms with E-state index in [1.165, 1.54) is 32.1 Å². The Bertz CT molecular complexity index is 966. The molecular formula is C24H34N6O. The minimum absolute atomic E-state index is 0.120. The number of pyridine rings is 1. The van der Waals surface area contributed by atoms with Gasteiger partial charge in [0.25, 0.3) is 0 Å². The third kappa shape index (κ3) is 4.82. The Morgan fingerprint density at radius 2 is 2.00 bits per heavy atom. The fourth-order valence-corrected chi connectivity index (χ4v) is 5.04. The van der Waals surface area contributed by atoms with Gasteiger partial charge in [-0.15, -0.1) is 0 Å². The molecule has 1 aliphatic carbocycles. The summed E-state index contributed by atoms with van der Waals surface area (Å²) in [5.74, 6) is 8.32. The smallest absolute Gasteiger partial charge is 0.224 e. The van der Waals surface area contributed by atoms with Gasteiger partial charge in [-0.3, -0.25) is 9.79 Å². The van der Waals surface area contributed by atoms with Crippen molar-refractivity contribution in [3.05, 3.63) is 29.8 Å². The summed E-state index contributed by atoms with van der Waals surface area (Å²) >= 11 is 0. The lowest BCUT2D eigenvalue weighted by molar-refractivity contribution is -0.117. The summed E-state index contributed by atoms with van der Waals surface area (Å²) < 4.78 is 0. The van der Waals surface area contributed by atoms with Crippen LogP contribution in [0.4, 0.5) is 11.5 Å². The van der Waals surface area contributed by atoms with E-state index in [2.05, 4.69) is 32.8 Å². The summed E-state index contributed by atoms with van der Waals surface area (Å²) in [5.41, 5.74) is 5.58. The molecule has 1 saturated carbocycles. The van der Waals surface area contributed by atoms with Crippen molar-refractivity contribution in [2.75, 3.05) is 30.4 Å². The molecule has 1 aliphatic heterocycles. The van der Waals surface area contributed by atoms with Gasteiger partial charge in [0, 0.05) is 37.9 Å². The van der Waals surface area contributed by atoms with Gasteiger partial charge in [-0.05, 0) is 55.9 Å². The average molecular weight is 423 g/mol. The highest BCUT2D eigenvalue weighted by molar-refractivity contribution is 6.02. The predicted molar refractivity (Wildman–Crippen MR) is 127 cm³/mol. The lowest BCUT2D eigenvalue weighted by atomic mass is 9.87. The van der Waals surface area contributed by atoms with Gasteiger partial charge in [-0.2, -0.15) is 0 Å². The topological polar surface area (TPSA) is 95.6 Å². The molecule has 1 atom stereocenters. The highest BCUT2D eigenvalue weighted by Crippen LogP contribution is 2.31. The average Bonchev–Trinajstić information content (AvgIpc) is 3.27. The maximum atomic E-state index is 12.7. The van der Waals surface area contributed by atoms with Crippen molar-refractivity contribution in [1.82, 2.24) is 10.4 Å². The molecule has 7 heteroatoms. The van der Waals surface area contributed by atoms with E-state index in [0.717, 1.165) is 53.3 Å². The standard InChI is InChI=1S/C24H34N6O/c1-16-8-10-20-19(23(16)28-22(31)14-17-6-4-3-5-7-17)9-11-21(27-20)30-13-12-18(15-30)24(26-2)29-25/h8-11,17-18H,3-7,12-15,25H2,1-2H3,(H,26,29)(H,28,31)/t18-/m1/s1. The van der Waals surface area contributed by atoms with Crippen LogP contribution in [0.15, 0.2) is 29.3 Å². The minimum Gasteiger partial charge on any atom is -0.356 e. The van der Waals surface area contributed by atoms with Gasteiger partial charge in [-0.25, -0.2) is 10.8 Å². The van der Waals surface area contributed by atoms with Gasteiger partial charge < -0.3 is 15.6 Å². The Kier molecular flexibility index (Phi) is 6.70. The maximum Gasteiger partial charge on any atom is 0.224 e. The number of nitrogens with one attached hydrogen (secondary N) is 2. The van der Waals surface area contributed by atoms with Gasteiger partial charge in [0.15, 0.2) is 0 Å². The number of aryl methyl sites for hydroxylation is 1. The molecule has 2 heterocycles. The van der Waals surface area contributed by atoms with E-state index in [1.54, 1.807) is 7.05 Å². The number of hydrogen-bond donors (Lipinski definition) is 3. The first kappa shape index (κ1) is 21.6. The van der Waals surface area contributed by atoms with Crippen LogP contribution in [0.5, 0.6) is 0 Å². The van der Waals surface area contributed by atoms with Gasteiger partial charge in [0.05, 0.1) is 11.2 Å². The molecule has 4 N–H and O–H groups in total. The van der Waals surface area contributed by atoms with Crippen molar-refractivity contribution in [2.24, 2.45) is 22.7 Å². The molecule has 2 fully saturated rings. The second kappa shape index (κ2) is 9.64. The largest absolute Gasteiger partial charge is 0.356 e. The third-order valence-electron chi connectivity index (χ3n) is 6.82. The molecule has 1 aromatic heterocycles. The normalized spacial score (nSPS) is 20.3. The van der Waals surface area contributed by atoms with Crippen LogP contribution in [0.3, 0.4) is 0 Å². The van der Waals surface area contributed by atoms with Crippen molar-refractivity contribution in [1.29, 1.82) is 0 Å². The Hall–Kier alpha value is -2.67. The minimum atomic E-state index is 0.120. The van der Waals surface area contributed by atoms with Crippen LogP contribution < -0.4 is 21.5 Å². The molecule has 0 spiro atoms. The summed E-state index contributed by atoms with van der Waals surface area (Å²) in [6.07, 6.45) is 7.77. The first-order valence-corrected chi connectivity index (χ1v) is 11.5. The molecule has 4 rings (SSSR count). The molecule has 2 aliphatic rings. The summed E-state index contributed by atoms with van der Waals surface area (Å²) in [4.78, 5) is 24.2. The molecule has 0 bridgehead atoms. The summed E-state index contributed by atoms with van der Waals surface area (Å²) in [6.45, 7) is 3.80. The monoisotopic (exact) mass is 422 g/mol. The fraction of sp³-hybridized carbons (Fsp3) is 0.542. The van der Waals surface area contributed by atoms with Gasteiger partial charge in [0.2, 0.25) is 5.91 Å². The third-order valence-corrected chi connectivity index (χ3v) is 6.82. The fourth-order valence-electron chi connectivity index (χ4n) is 5.04. The number of nitrogens with zero attached hydrogens (tertiary/aromatic N) is 3. The number of aliphatic imine (C=N–C) groups is 1. The molecule has 7 nitrogen and oxygen atoms in total. The Morgan fingerprint density at radius 3 is 2.74 bits per heavy atom. The summed E-state index contributed by atoms with van der Waals surface area (Å²) in [6, 6.07) is 8.23. The van der Waals surface area contributed by atoms with Crippen LogP contribution >= 0.6 is 0 Å². The molecule has 0 unspecified atom stereocenters. The Balaban J connectivity index is 1.51. The Morgan fingerprint density at radius 1 is 1.19 bits per heavy atom. The molecule has 1 amide bonds. The first-order chi connectivity index (χ1) is 15.1. The highest BCUT2D eigenvalue weighted by atomic mass is 16.1. The molecule has 2 aromatic rings. The number of rotatable bonds is 5. The van der Waals surface area contributed by atoms with Crippen LogP contribution in [-0.4, -0.2) is 36.9 Å². The number of hydrazine groups is 1. The quantitative estimate of drug-likeness (QED) is 0.295. The van der Waals surface area contributed by atoms with E-state index < -0.39 is 0 Å². The molecular weight excluding hydrogens is 388 g/mol. The van der Waals surface area contributed by atoms with Crippen LogP contribution in [0.25, 0.3) is 10.9 Å². The second-order valence-electron chi connectivity index (χ2n) is 8.93. The van der Waals surface area contributed by atoms with Gasteiger partial charge in [-0.1, -0.05) is 25.3 Å². The van der Waals surface area contributed by atoms with Crippen molar-refractivity contribution >= 4 is 34.2 Å². The van der Waals surface area contributed by atoms with E-state index in [4.69, 9.17) is 10.8 Å². The lowest BCUT2D eigenvalue weighted by Gasteiger charge is -2.22. The molecule has 166 valence electrons. The zero-order chi connectivity index (χ0) is 21.8. The van der Waals surface area contributed by atoms with E-state index in [1.807, 2.05) is 19.1 Å². The van der Waals surface area contributed by atoms with Crippen LogP contribution in [-0.2, 0) is 4.79 Å². The summed E-state index contributed by atoms with van der Waals surface area (Å²) in [7, 11) is 1.76. The van der Waals surface area contributed by atoms with E-state index in [-0.39, 0.29) is 5.91 Å². The number of benzene rings is 1. The molecule has 1 saturated heterocycles. The second-order valence-corrected chi connectivity index (χ2v) is 8.93. The number of amides is 1. The Labute approximate surface area is 184 Å². The summed E-state index contributed by atoms with van der Waals surface area (Å²) in [5, 5.41) is 4.19. The number of hydrogen-bond acceptors (Lipinski definition) is 5. The van der Waals surface area contributed by atoms with Crippen LogP contribution in [0.2, 0.25) is 0 Å². The molecule has 31 heavy (non-hydrogen) atoms. The zero-order valence-electron chi connectivity index (χ0n) is 18.7. The zero-order valence-corrected chi connectivity index (χ0v) is 18.7. The van der Waals surface area contributed by atoms with Crippen LogP contribution in [0.1, 0.15) is 50.5 Å². The number of nitrogens with two attached hydrogens (primary N) is 1. The van der Waals surface area contributed by atoms with Gasteiger partial charge >= 0.3 is 0 Å².